The average molecular weight is 435 g/mol. The van der Waals surface area contributed by atoms with Crippen LogP contribution in [0, 0.1) is 0 Å². The molecule has 3 N–H and O–H groups in total. The van der Waals surface area contributed by atoms with Crippen LogP contribution in [0.5, 0.6) is 5.75 Å². The molecule has 1 aromatic heterocycles. The maximum atomic E-state index is 12.3. The summed E-state index contributed by atoms with van der Waals surface area (Å²) in [6, 6.07) is 11.0. The normalized spacial score (nSPS) is 11.8. The van der Waals surface area contributed by atoms with Crippen LogP contribution in [0.4, 0.5) is 0 Å². The fourth-order valence-corrected chi connectivity index (χ4v) is 3.96. The van der Waals surface area contributed by atoms with Gasteiger partial charge in [0.1, 0.15) is 5.75 Å². The number of H-pyrrole nitrogens is 1. The number of fused-ring (bicyclic) bond motifs is 1. The van der Waals surface area contributed by atoms with Crippen LogP contribution in [0.1, 0.15) is 59.2 Å². The zero-order chi connectivity index (χ0) is 23.1. The van der Waals surface area contributed by atoms with Gasteiger partial charge in [-0.1, -0.05) is 31.6 Å². The Hall–Kier alpha value is -3.54. The largest absolute Gasteiger partial charge is 0.496 e. The van der Waals surface area contributed by atoms with Crippen molar-refractivity contribution >= 4 is 22.8 Å². The van der Waals surface area contributed by atoms with Gasteiger partial charge in [-0.3, -0.25) is 4.79 Å². The molecule has 0 bridgehead atoms. The summed E-state index contributed by atoms with van der Waals surface area (Å²) in [4.78, 5) is 27.0. The number of carboxylic acids is 1. The summed E-state index contributed by atoms with van der Waals surface area (Å²) in [5.74, 6) is -0.530. The van der Waals surface area contributed by atoms with E-state index in [9.17, 15) is 14.7 Å². The predicted molar refractivity (Wildman–Crippen MR) is 127 cm³/mol. The second-order valence-electron chi connectivity index (χ2n) is 7.84. The van der Waals surface area contributed by atoms with Crippen molar-refractivity contribution in [2.45, 2.75) is 38.5 Å². The summed E-state index contributed by atoms with van der Waals surface area (Å²) in [5, 5.41) is 13.3. The van der Waals surface area contributed by atoms with Gasteiger partial charge < -0.3 is 20.1 Å². The lowest BCUT2D eigenvalue weighted by Crippen LogP contribution is -2.25. The van der Waals surface area contributed by atoms with E-state index in [1.54, 1.807) is 25.3 Å². The van der Waals surface area contributed by atoms with E-state index in [0.717, 1.165) is 40.4 Å². The van der Waals surface area contributed by atoms with E-state index in [1.165, 1.54) is 0 Å². The Kier molecular flexibility index (Phi) is 7.71. The van der Waals surface area contributed by atoms with E-state index >= 15 is 0 Å². The van der Waals surface area contributed by atoms with E-state index in [1.807, 2.05) is 24.4 Å². The summed E-state index contributed by atoms with van der Waals surface area (Å²) in [7, 11) is 1.54. The molecule has 3 rings (SSSR count). The van der Waals surface area contributed by atoms with Gasteiger partial charge in [0.2, 0.25) is 5.91 Å². The summed E-state index contributed by atoms with van der Waals surface area (Å²) >= 11 is 0. The molecule has 0 aliphatic carbocycles. The van der Waals surface area contributed by atoms with Crippen molar-refractivity contribution in [2.75, 3.05) is 13.7 Å². The summed E-state index contributed by atoms with van der Waals surface area (Å²) in [6.45, 7) is 6.70. The standard InChI is InChI=1S/C26H30N2O4/c1-4-6-12-27-25(29)14-17-8-11-23-21(13-17)22(16-28-23)19(7-5-2)20-10-9-18(26(30)31)15-24(20)32-3/h5,8-11,13,15-16,19,28H,2,4,6-7,12,14H2,1,3H3,(H,27,29)(H,30,31). The number of ether oxygens (including phenoxy) is 1. The van der Waals surface area contributed by atoms with Crippen LogP contribution in [-0.2, 0) is 11.2 Å². The second kappa shape index (κ2) is 10.7. The lowest BCUT2D eigenvalue weighted by atomic mass is 9.86. The highest BCUT2D eigenvalue weighted by Crippen LogP contribution is 2.38. The minimum Gasteiger partial charge on any atom is -0.496 e. The monoisotopic (exact) mass is 434 g/mol. The van der Waals surface area contributed by atoms with Crippen LogP contribution in [0.15, 0.2) is 55.3 Å². The van der Waals surface area contributed by atoms with E-state index < -0.39 is 5.97 Å². The molecular formula is C26H30N2O4. The molecule has 1 amide bonds. The third-order valence-corrected chi connectivity index (χ3v) is 5.63. The Bertz CT molecular complexity index is 1120. The number of aromatic amines is 1. The maximum Gasteiger partial charge on any atom is 0.335 e. The van der Waals surface area contributed by atoms with Gasteiger partial charge in [0.15, 0.2) is 0 Å². The van der Waals surface area contributed by atoms with Crippen molar-refractivity contribution in [3.63, 3.8) is 0 Å². The number of aromatic nitrogens is 1. The van der Waals surface area contributed by atoms with Gasteiger partial charge in [-0.15, -0.1) is 6.58 Å². The number of rotatable bonds is 11. The SMILES string of the molecule is C=CCC(c1ccc(C(=O)O)cc1OC)c1c[nH]c2ccc(CC(=O)NCCCC)cc12. The molecule has 3 aromatic rings. The first kappa shape index (κ1) is 23.1. The number of carbonyl (C=O) groups is 2. The zero-order valence-electron chi connectivity index (χ0n) is 18.6. The highest BCUT2D eigenvalue weighted by Gasteiger charge is 2.22. The lowest BCUT2D eigenvalue weighted by Gasteiger charge is -2.19. The molecule has 0 spiro atoms. The van der Waals surface area contributed by atoms with Crippen molar-refractivity contribution in [3.05, 3.63) is 77.5 Å². The Morgan fingerprint density at radius 3 is 2.72 bits per heavy atom. The molecule has 0 saturated heterocycles. The zero-order valence-corrected chi connectivity index (χ0v) is 18.6. The first-order chi connectivity index (χ1) is 15.5. The summed E-state index contributed by atoms with van der Waals surface area (Å²) < 4.78 is 5.54. The fraction of sp³-hybridized carbons (Fsp3) is 0.308. The van der Waals surface area contributed by atoms with Crippen molar-refractivity contribution in [3.8, 4) is 5.75 Å². The highest BCUT2D eigenvalue weighted by atomic mass is 16.5. The lowest BCUT2D eigenvalue weighted by molar-refractivity contribution is -0.120. The van der Waals surface area contributed by atoms with E-state index in [-0.39, 0.29) is 17.4 Å². The number of methoxy groups -OCH3 is 1. The molecule has 0 aliphatic heterocycles. The first-order valence-electron chi connectivity index (χ1n) is 10.9. The molecule has 0 saturated carbocycles. The Balaban J connectivity index is 1.97. The van der Waals surface area contributed by atoms with Crippen molar-refractivity contribution in [1.29, 1.82) is 0 Å². The number of unbranched alkanes of at least 4 members (excludes halogenated alkanes) is 1. The first-order valence-corrected chi connectivity index (χ1v) is 10.9. The fourth-order valence-electron chi connectivity index (χ4n) is 3.96. The van der Waals surface area contributed by atoms with E-state index in [2.05, 4.69) is 29.9 Å². The van der Waals surface area contributed by atoms with Gasteiger partial charge in [-0.05, 0) is 48.2 Å². The number of nitrogens with one attached hydrogen (secondary N) is 2. The molecule has 6 heteroatoms. The molecule has 0 fully saturated rings. The van der Waals surface area contributed by atoms with Gasteiger partial charge in [-0.25, -0.2) is 4.79 Å². The number of allylic oxidation sites excluding steroid dienone is 1. The molecule has 1 atom stereocenters. The average Bonchev–Trinajstić information content (AvgIpc) is 3.20. The molecule has 0 radical (unpaired) electrons. The minimum atomic E-state index is -0.996. The molecule has 0 aliphatic rings. The van der Waals surface area contributed by atoms with E-state index in [4.69, 9.17) is 4.74 Å². The molecule has 2 aromatic carbocycles. The van der Waals surface area contributed by atoms with Crippen molar-refractivity contribution in [1.82, 2.24) is 10.3 Å². The third-order valence-electron chi connectivity index (χ3n) is 5.63. The molecule has 1 unspecified atom stereocenters. The van der Waals surface area contributed by atoms with Crippen LogP contribution >= 0.6 is 0 Å². The predicted octanol–water partition coefficient (Wildman–Crippen LogP) is 5.04. The smallest absolute Gasteiger partial charge is 0.335 e. The summed E-state index contributed by atoms with van der Waals surface area (Å²) in [5.41, 5.74) is 4.04. The van der Waals surface area contributed by atoms with Crippen LogP contribution in [-0.4, -0.2) is 35.6 Å². The highest BCUT2D eigenvalue weighted by molar-refractivity contribution is 5.89. The number of aromatic carboxylic acids is 1. The summed E-state index contributed by atoms with van der Waals surface area (Å²) in [6.07, 6.45) is 6.80. The number of amides is 1. The molecule has 32 heavy (non-hydrogen) atoms. The maximum absolute atomic E-state index is 12.3. The van der Waals surface area contributed by atoms with Gasteiger partial charge >= 0.3 is 5.97 Å². The Labute approximate surface area is 188 Å². The van der Waals surface area contributed by atoms with Gasteiger partial charge in [0.05, 0.1) is 19.1 Å². The minimum absolute atomic E-state index is 0.0171. The molecule has 168 valence electrons. The number of benzene rings is 2. The van der Waals surface area contributed by atoms with Gasteiger partial charge in [0.25, 0.3) is 0 Å². The van der Waals surface area contributed by atoms with Crippen LogP contribution < -0.4 is 10.1 Å². The number of carbonyl (C=O) groups excluding carboxylic acids is 1. The van der Waals surface area contributed by atoms with Crippen LogP contribution in [0.25, 0.3) is 10.9 Å². The number of hydrogen-bond donors (Lipinski definition) is 3. The molecular weight excluding hydrogens is 404 g/mol. The third kappa shape index (κ3) is 5.19. The van der Waals surface area contributed by atoms with Crippen molar-refractivity contribution < 1.29 is 19.4 Å². The quantitative estimate of drug-likeness (QED) is 0.291. The number of carboxylic acid groups (broad SMARTS) is 1. The van der Waals surface area contributed by atoms with Crippen molar-refractivity contribution in [2.24, 2.45) is 0 Å². The Morgan fingerprint density at radius 2 is 2.03 bits per heavy atom. The second-order valence-corrected chi connectivity index (χ2v) is 7.84. The van der Waals surface area contributed by atoms with Crippen LogP contribution in [0.2, 0.25) is 0 Å². The Morgan fingerprint density at radius 1 is 1.22 bits per heavy atom. The van der Waals surface area contributed by atoms with E-state index in [0.29, 0.717) is 25.1 Å². The topological polar surface area (TPSA) is 91.4 Å². The van der Waals surface area contributed by atoms with Gasteiger partial charge in [0, 0.05) is 35.1 Å². The van der Waals surface area contributed by atoms with Crippen LogP contribution in [0.3, 0.4) is 0 Å². The van der Waals surface area contributed by atoms with Gasteiger partial charge in [-0.2, -0.15) is 0 Å². The molecule has 1 heterocycles. The number of hydrogen-bond acceptors (Lipinski definition) is 3. The molecule has 6 nitrogen and oxygen atoms in total.